The summed E-state index contributed by atoms with van der Waals surface area (Å²) in [6, 6.07) is 6.66. The second-order valence-electron chi connectivity index (χ2n) is 9.45. The van der Waals surface area contributed by atoms with E-state index in [0.29, 0.717) is 19.1 Å². The Hall–Kier alpha value is -2.58. The van der Waals surface area contributed by atoms with Crippen LogP contribution in [0.2, 0.25) is 0 Å². The summed E-state index contributed by atoms with van der Waals surface area (Å²) in [5.41, 5.74) is 3.94. The number of H-pyrrole nitrogens is 1. The van der Waals surface area contributed by atoms with Crippen molar-refractivity contribution in [3.05, 3.63) is 51.1 Å². The smallest absolute Gasteiger partial charge is 0.252 e. The first kappa shape index (κ1) is 21.3. The molecule has 0 amide bonds. The van der Waals surface area contributed by atoms with Gasteiger partial charge in [0.1, 0.15) is 0 Å². The normalized spacial score (nSPS) is 19.5. The predicted molar refractivity (Wildman–Crippen MR) is 122 cm³/mol. The number of tetrazole rings is 1. The third kappa shape index (κ3) is 4.47. The molecule has 0 radical (unpaired) electrons. The molecule has 3 heterocycles. The van der Waals surface area contributed by atoms with Crippen molar-refractivity contribution in [1.29, 1.82) is 0 Å². The van der Waals surface area contributed by atoms with Gasteiger partial charge in [-0.1, -0.05) is 24.5 Å². The van der Waals surface area contributed by atoms with Crippen LogP contribution in [0.5, 0.6) is 0 Å². The number of rotatable bonds is 7. The molecule has 2 aromatic heterocycles. The average Bonchev–Trinajstić information content (AvgIpc) is 3.51. The number of ether oxygens (including phenoxy) is 1. The SMILES string of the molecule is Cc1cc(C)c2[nH]c(=O)c(CN(Cc3nnnn3C3CCCC3)CC3CCCO3)cc2c1. The molecule has 1 atom stereocenters. The molecule has 3 aromatic rings. The van der Waals surface area contributed by atoms with Gasteiger partial charge < -0.3 is 9.72 Å². The molecule has 170 valence electrons. The summed E-state index contributed by atoms with van der Waals surface area (Å²) < 4.78 is 7.92. The summed E-state index contributed by atoms with van der Waals surface area (Å²) in [4.78, 5) is 18.3. The van der Waals surface area contributed by atoms with Crippen LogP contribution in [-0.4, -0.2) is 49.3 Å². The van der Waals surface area contributed by atoms with Crippen LogP contribution in [0.4, 0.5) is 0 Å². The highest BCUT2D eigenvalue weighted by Crippen LogP contribution is 2.29. The fourth-order valence-corrected chi connectivity index (χ4v) is 5.30. The first-order valence-corrected chi connectivity index (χ1v) is 11.8. The van der Waals surface area contributed by atoms with Gasteiger partial charge in [-0.15, -0.1) is 5.10 Å². The Morgan fingerprint density at radius 2 is 1.97 bits per heavy atom. The van der Waals surface area contributed by atoms with E-state index in [9.17, 15) is 4.79 Å². The van der Waals surface area contributed by atoms with E-state index < -0.39 is 0 Å². The lowest BCUT2D eigenvalue weighted by atomic mass is 10.0. The maximum absolute atomic E-state index is 13.0. The summed E-state index contributed by atoms with van der Waals surface area (Å²) in [6.07, 6.45) is 7.06. The zero-order valence-corrected chi connectivity index (χ0v) is 19.0. The Kier molecular flexibility index (Phi) is 6.06. The summed E-state index contributed by atoms with van der Waals surface area (Å²) in [5, 5.41) is 13.7. The number of aromatic nitrogens is 5. The molecule has 1 aliphatic carbocycles. The number of aromatic amines is 1. The zero-order valence-electron chi connectivity index (χ0n) is 19.0. The van der Waals surface area contributed by atoms with Gasteiger partial charge in [-0.2, -0.15) is 0 Å². The molecule has 2 fully saturated rings. The highest BCUT2D eigenvalue weighted by Gasteiger charge is 2.25. The van der Waals surface area contributed by atoms with E-state index in [0.717, 1.165) is 66.7 Å². The van der Waals surface area contributed by atoms with E-state index in [1.54, 1.807) is 0 Å². The molecule has 1 aromatic carbocycles. The highest BCUT2D eigenvalue weighted by atomic mass is 16.5. The Balaban J connectivity index is 1.43. The summed E-state index contributed by atoms with van der Waals surface area (Å²) >= 11 is 0. The van der Waals surface area contributed by atoms with Crippen molar-refractivity contribution in [1.82, 2.24) is 30.1 Å². The van der Waals surface area contributed by atoms with Crippen LogP contribution in [0.1, 0.15) is 67.1 Å². The number of hydrogen-bond acceptors (Lipinski definition) is 6. The number of fused-ring (bicyclic) bond motifs is 1. The second-order valence-corrected chi connectivity index (χ2v) is 9.45. The lowest BCUT2D eigenvalue weighted by Gasteiger charge is -2.25. The minimum atomic E-state index is -0.0304. The molecular formula is C24H32N6O2. The molecular weight excluding hydrogens is 404 g/mol. The van der Waals surface area contributed by atoms with Crippen LogP contribution in [0, 0.1) is 13.8 Å². The van der Waals surface area contributed by atoms with E-state index in [1.807, 2.05) is 17.7 Å². The van der Waals surface area contributed by atoms with Crippen LogP contribution in [0.15, 0.2) is 23.0 Å². The lowest BCUT2D eigenvalue weighted by Crippen LogP contribution is -2.34. The third-order valence-corrected chi connectivity index (χ3v) is 6.85. The number of hydrogen-bond donors (Lipinski definition) is 1. The first-order valence-electron chi connectivity index (χ1n) is 11.8. The molecule has 1 unspecified atom stereocenters. The monoisotopic (exact) mass is 436 g/mol. The van der Waals surface area contributed by atoms with Crippen molar-refractivity contribution in [2.24, 2.45) is 0 Å². The quantitative estimate of drug-likeness (QED) is 0.610. The van der Waals surface area contributed by atoms with E-state index in [2.05, 4.69) is 44.5 Å². The molecule has 5 rings (SSSR count). The van der Waals surface area contributed by atoms with Gasteiger partial charge in [0, 0.05) is 25.3 Å². The third-order valence-electron chi connectivity index (χ3n) is 6.85. The molecule has 2 aliphatic rings. The van der Waals surface area contributed by atoms with Gasteiger partial charge >= 0.3 is 0 Å². The Labute approximate surface area is 188 Å². The van der Waals surface area contributed by atoms with Gasteiger partial charge in [-0.05, 0) is 73.0 Å². The molecule has 1 N–H and O–H groups in total. The van der Waals surface area contributed by atoms with E-state index in [1.165, 1.54) is 18.4 Å². The van der Waals surface area contributed by atoms with Gasteiger partial charge in [0.2, 0.25) is 0 Å². The van der Waals surface area contributed by atoms with Crippen LogP contribution in [-0.2, 0) is 17.8 Å². The van der Waals surface area contributed by atoms with E-state index in [4.69, 9.17) is 4.74 Å². The summed E-state index contributed by atoms with van der Waals surface area (Å²) in [6.45, 7) is 6.85. The minimum Gasteiger partial charge on any atom is -0.377 e. The van der Waals surface area contributed by atoms with E-state index >= 15 is 0 Å². The summed E-state index contributed by atoms with van der Waals surface area (Å²) in [7, 11) is 0. The summed E-state index contributed by atoms with van der Waals surface area (Å²) in [5.74, 6) is 0.874. The fourth-order valence-electron chi connectivity index (χ4n) is 5.30. The van der Waals surface area contributed by atoms with Gasteiger partial charge in [-0.3, -0.25) is 9.69 Å². The predicted octanol–water partition coefficient (Wildman–Crippen LogP) is 3.43. The largest absolute Gasteiger partial charge is 0.377 e. The van der Waals surface area contributed by atoms with Gasteiger partial charge in [0.25, 0.3) is 5.56 Å². The number of benzene rings is 1. The first-order chi connectivity index (χ1) is 15.6. The van der Waals surface area contributed by atoms with Crippen LogP contribution < -0.4 is 5.56 Å². The van der Waals surface area contributed by atoms with Crippen molar-refractivity contribution >= 4 is 10.9 Å². The van der Waals surface area contributed by atoms with E-state index in [-0.39, 0.29) is 11.7 Å². The standard InChI is InChI=1S/C24H32N6O2/c1-16-10-17(2)23-18(11-16)12-19(24(31)25-23)13-29(14-21-8-5-9-32-21)15-22-26-27-28-30(22)20-6-3-4-7-20/h10-12,20-21H,3-9,13-15H2,1-2H3,(H,25,31). The molecule has 8 heteroatoms. The minimum absolute atomic E-state index is 0.0304. The van der Waals surface area contributed by atoms with Crippen molar-refractivity contribution in [3.63, 3.8) is 0 Å². The zero-order chi connectivity index (χ0) is 22.1. The van der Waals surface area contributed by atoms with Crippen molar-refractivity contribution in [3.8, 4) is 0 Å². The molecule has 32 heavy (non-hydrogen) atoms. The molecule has 1 saturated heterocycles. The Morgan fingerprint density at radius 3 is 2.75 bits per heavy atom. The van der Waals surface area contributed by atoms with Gasteiger partial charge in [-0.25, -0.2) is 4.68 Å². The number of aryl methyl sites for hydroxylation is 2. The Morgan fingerprint density at radius 1 is 1.12 bits per heavy atom. The van der Waals surface area contributed by atoms with Crippen molar-refractivity contribution in [2.75, 3.05) is 13.2 Å². The maximum Gasteiger partial charge on any atom is 0.252 e. The highest BCUT2D eigenvalue weighted by molar-refractivity contribution is 5.82. The number of nitrogens with zero attached hydrogens (tertiary/aromatic N) is 5. The molecule has 0 bridgehead atoms. The molecule has 0 spiro atoms. The number of nitrogens with one attached hydrogen (secondary N) is 1. The van der Waals surface area contributed by atoms with Gasteiger partial charge in [0.15, 0.2) is 5.82 Å². The molecule has 8 nitrogen and oxygen atoms in total. The van der Waals surface area contributed by atoms with Crippen LogP contribution >= 0.6 is 0 Å². The topological polar surface area (TPSA) is 88.9 Å². The maximum atomic E-state index is 13.0. The average molecular weight is 437 g/mol. The molecule has 1 saturated carbocycles. The molecule has 1 aliphatic heterocycles. The van der Waals surface area contributed by atoms with Crippen molar-refractivity contribution in [2.45, 2.75) is 77.6 Å². The Bertz CT molecular complexity index is 1140. The second kappa shape index (κ2) is 9.11. The number of pyridine rings is 1. The van der Waals surface area contributed by atoms with Crippen molar-refractivity contribution < 1.29 is 4.74 Å². The lowest BCUT2D eigenvalue weighted by molar-refractivity contribution is 0.0661. The van der Waals surface area contributed by atoms with Gasteiger partial charge in [0.05, 0.1) is 24.2 Å². The van der Waals surface area contributed by atoms with Crippen LogP contribution in [0.25, 0.3) is 10.9 Å². The van der Waals surface area contributed by atoms with Crippen LogP contribution in [0.3, 0.4) is 0 Å². The fraction of sp³-hybridized carbons (Fsp3) is 0.583.